The van der Waals surface area contributed by atoms with Gasteiger partial charge in [-0.3, -0.25) is 0 Å². The maximum absolute atomic E-state index is 11.2. The van der Waals surface area contributed by atoms with Crippen LogP contribution in [0, 0.1) is 34.0 Å². The van der Waals surface area contributed by atoms with Gasteiger partial charge in [-0.2, -0.15) is 15.8 Å². The molecule has 3 N–H and O–H groups in total. The van der Waals surface area contributed by atoms with E-state index in [0.29, 0.717) is 33.8 Å². The van der Waals surface area contributed by atoms with E-state index in [-0.39, 0.29) is 0 Å². The molecule has 0 bridgehead atoms. The third kappa shape index (κ3) is 6.86. The summed E-state index contributed by atoms with van der Waals surface area (Å²) >= 11 is 0. The molecule has 0 aliphatic rings. The molecule has 0 aromatic heterocycles. The van der Waals surface area contributed by atoms with E-state index >= 15 is 0 Å². The predicted octanol–water partition coefficient (Wildman–Crippen LogP) is 5.13. The Morgan fingerprint density at radius 2 is 0.725 bits per heavy atom. The van der Waals surface area contributed by atoms with Crippen molar-refractivity contribution in [1.29, 1.82) is 15.8 Å². The highest BCUT2D eigenvalue weighted by Crippen LogP contribution is 2.35. The molecule has 0 amide bonds. The van der Waals surface area contributed by atoms with E-state index in [1.54, 1.807) is 91.0 Å². The van der Waals surface area contributed by atoms with E-state index in [9.17, 15) is 14.4 Å². The van der Waals surface area contributed by atoms with Gasteiger partial charge in [-0.05, 0) is 71.3 Å². The lowest BCUT2D eigenvalue weighted by atomic mass is 10.1. The van der Waals surface area contributed by atoms with E-state index < -0.39 is 34.6 Å². The Morgan fingerprint density at radius 1 is 0.500 bits per heavy atom. The summed E-state index contributed by atoms with van der Waals surface area (Å²) in [6.45, 7) is 0. The summed E-state index contributed by atoms with van der Waals surface area (Å²) in [7, 11) is 0. The summed E-state index contributed by atoms with van der Waals surface area (Å²) in [6.07, 6.45) is 3.72. The Kier molecular flexibility index (Phi) is 8.92. The van der Waals surface area contributed by atoms with E-state index in [1.165, 1.54) is 18.2 Å². The van der Waals surface area contributed by atoms with Crippen molar-refractivity contribution < 1.29 is 29.7 Å². The molecule has 0 aliphatic heterocycles. The fourth-order valence-corrected chi connectivity index (χ4v) is 3.53. The summed E-state index contributed by atoms with van der Waals surface area (Å²) < 4.78 is 0. The molecular formula is C30H18N4O6. The van der Waals surface area contributed by atoms with Crippen LogP contribution in [0.25, 0.3) is 18.2 Å². The number of nitrogens with zero attached hydrogens (tertiary/aromatic N) is 4. The van der Waals surface area contributed by atoms with E-state index in [0.717, 1.165) is 0 Å². The molecule has 194 valence electrons. The van der Waals surface area contributed by atoms with Crippen LogP contribution < -0.4 is 4.90 Å². The zero-order valence-electron chi connectivity index (χ0n) is 20.5. The molecule has 0 fully saturated rings. The zero-order valence-corrected chi connectivity index (χ0v) is 20.5. The predicted molar refractivity (Wildman–Crippen MR) is 145 cm³/mol. The maximum Gasteiger partial charge on any atom is 0.346 e. The fourth-order valence-electron chi connectivity index (χ4n) is 3.53. The Labute approximate surface area is 228 Å². The van der Waals surface area contributed by atoms with Crippen LogP contribution in [-0.4, -0.2) is 33.2 Å². The standard InChI is InChI=1S/C30H18N4O6/c31-16-22(28(35)36)13-19-1-7-25(8-2-19)34(26-9-3-20(4-10-26)14-23(17-32)29(37)38)27-11-5-21(6-12-27)15-24(18-33)30(39)40/h1-15H,(H,35,36)(H,37,38)(H,39,40)/b22-13-,23-14+,24-15?. The summed E-state index contributed by atoms with van der Waals surface area (Å²) in [5, 5.41) is 54.4. The number of nitriles is 3. The van der Waals surface area contributed by atoms with Crippen LogP contribution >= 0.6 is 0 Å². The summed E-state index contributed by atoms with van der Waals surface area (Å²) in [4.78, 5) is 35.3. The number of hydrogen-bond donors (Lipinski definition) is 3. The van der Waals surface area contributed by atoms with Crippen molar-refractivity contribution in [3.63, 3.8) is 0 Å². The molecule has 3 aromatic carbocycles. The van der Waals surface area contributed by atoms with Crippen LogP contribution in [0.4, 0.5) is 17.1 Å². The van der Waals surface area contributed by atoms with E-state index in [4.69, 9.17) is 31.1 Å². The second kappa shape index (κ2) is 12.7. The lowest BCUT2D eigenvalue weighted by Crippen LogP contribution is -2.10. The number of carbonyl (C=O) groups is 3. The van der Waals surface area contributed by atoms with Crippen LogP contribution in [0.3, 0.4) is 0 Å². The Bertz CT molecular complexity index is 1480. The second-order valence-corrected chi connectivity index (χ2v) is 8.03. The molecule has 0 spiro atoms. The molecule has 0 saturated heterocycles. The largest absolute Gasteiger partial charge is 0.477 e. The average molecular weight is 530 g/mol. The van der Waals surface area contributed by atoms with E-state index in [2.05, 4.69) is 0 Å². The van der Waals surface area contributed by atoms with Gasteiger partial charge in [0.1, 0.15) is 34.9 Å². The van der Waals surface area contributed by atoms with Crippen molar-refractivity contribution in [2.75, 3.05) is 4.90 Å². The smallest absolute Gasteiger partial charge is 0.346 e. The van der Waals surface area contributed by atoms with Crippen molar-refractivity contribution in [1.82, 2.24) is 0 Å². The third-order valence-corrected chi connectivity index (χ3v) is 5.44. The average Bonchev–Trinajstić information content (AvgIpc) is 2.95. The molecule has 0 aliphatic carbocycles. The molecule has 0 heterocycles. The van der Waals surface area contributed by atoms with Gasteiger partial charge in [0.25, 0.3) is 0 Å². The lowest BCUT2D eigenvalue weighted by molar-refractivity contribution is -0.133. The molecule has 0 radical (unpaired) electrons. The number of rotatable bonds is 9. The molecular weight excluding hydrogens is 512 g/mol. The molecule has 0 unspecified atom stereocenters. The van der Waals surface area contributed by atoms with E-state index in [1.807, 2.05) is 4.90 Å². The first kappa shape index (κ1) is 28.1. The van der Waals surface area contributed by atoms with Gasteiger partial charge in [-0.15, -0.1) is 0 Å². The molecule has 0 atom stereocenters. The minimum Gasteiger partial charge on any atom is -0.477 e. The molecule has 40 heavy (non-hydrogen) atoms. The number of anilines is 3. The summed E-state index contributed by atoms with van der Waals surface area (Å²) in [5.74, 6) is -4.04. The van der Waals surface area contributed by atoms with Crippen LogP contribution in [0.1, 0.15) is 16.7 Å². The maximum atomic E-state index is 11.2. The third-order valence-electron chi connectivity index (χ3n) is 5.44. The Morgan fingerprint density at radius 3 is 0.900 bits per heavy atom. The molecule has 3 aromatic rings. The van der Waals surface area contributed by atoms with Gasteiger partial charge in [0.15, 0.2) is 0 Å². The van der Waals surface area contributed by atoms with Gasteiger partial charge in [0.05, 0.1) is 0 Å². The molecule has 10 heteroatoms. The van der Waals surface area contributed by atoms with Gasteiger partial charge in [0.2, 0.25) is 0 Å². The quantitative estimate of drug-likeness (QED) is 0.247. The highest BCUT2D eigenvalue weighted by molar-refractivity contribution is 5.98. The normalized spacial score (nSPS) is 11.5. The molecule has 10 nitrogen and oxygen atoms in total. The lowest BCUT2D eigenvalue weighted by Gasteiger charge is -2.26. The van der Waals surface area contributed by atoms with Crippen molar-refractivity contribution in [2.24, 2.45) is 0 Å². The van der Waals surface area contributed by atoms with Gasteiger partial charge in [0, 0.05) is 17.1 Å². The van der Waals surface area contributed by atoms with Gasteiger partial charge in [-0.25, -0.2) is 14.4 Å². The topological polar surface area (TPSA) is 187 Å². The number of aliphatic carboxylic acids is 3. The first-order valence-corrected chi connectivity index (χ1v) is 11.3. The van der Waals surface area contributed by atoms with Crippen LogP contribution in [0.15, 0.2) is 89.5 Å². The fraction of sp³-hybridized carbons (Fsp3) is 0. The summed E-state index contributed by atoms with van der Waals surface area (Å²) in [6, 6.07) is 24.9. The molecule has 3 rings (SSSR count). The highest BCUT2D eigenvalue weighted by Gasteiger charge is 2.14. The van der Waals surface area contributed by atoms with Crippen LogP contribution in [0.5, 0.6) is 0 Å². The first-order valence-electron chi connectivity index (χ1n) is 11.3. The zero-order chi connectivity index (χ0) is 29.2. The number of benzene rings is 3. The van der Waals surface area contributed by atoms with Crippen molar-refractivity contribution in [3.8, 4) is 18.2 Å². The first-order chi connectivity index (χ1) is 19.2. The van der Waals surface area contributed by atoms with Crippen molar-refractivity contribution in [3.05, 3.63) is 106 Å². The van der Waals surface area contributed by atoms with Gasteiger partial charge >= 0.3 is 17.9 Å². The number of carboxylic acid groups (broad SMARTS) is 3. The Hall–Kier alpha value is -6.44. The Balaban J connectivity index is 2.08. The monoisotopic (exact) mass is 530 g/mol. The number of hydrogen-bond acceptors (Lipinski definition) is 7. The van der Waals surface area contributed by atoms with Crippen LogP contribution in [0.2, 0.25) is 0 Å². The van der Waals surface area contributed by atoms with Crippen molar-refractivity contribution in [2.45, 2.75) is 0 Å². The number of carboxylic acids is 3. The minimum absolute atomic E-state index is 0.423. The molecule has 0 saturated carbocycles. The van der Waals surface area contributed by atoms with Gasteiger partial charge < -0.3 is 20.2 Å². The SMILES string of the molecule is N#CC(=Cc1ccc(N(c2ccc(/C=C(/C#N)C(=O)O)cc2)c2ccc(/C=C(\C#N)C(=O)O)cc2)cc1)C(=O)O. The van der Waals surface area contributed by atoms with Gasteiger partial charge in [-0.1, -0.05) is 36.4 Å². The second-order valence-electron chi connectivity index (χ2n) is 8.03. The summed E-state index contributed by atoms with van der Waals surface area (Å²) in [5.41, 5.74) is 2.11. The minimum atomic E-state index is -1.35. The van der Waals surface area contributed by atoms with Crippen molar-refractivity contribution >= 4 is 53.2 Å². The van der Waals surface area contributed by atoms with Crippen LogP contribution in [-0.2, 0) is 14.4 Å². The highest BCUT2D eigenvalue weighted by atomic mass is 16.4.